The SMILES string of the molecule is CC(NC(=O)c1ccccc1N(c1cccc2cccnc12)S(=O)O)c1ccc(F)cc1. The third kappa shape index (κ3) is 4.37. The Kier molecular flexibility index (Phi) is 6.25. The minimum atomic E-state index is -2.47. The van der Waals surface area contributed by atoms with Crippen LogP contribution < -0.4 is 9.62 Å². The normalized spacial score (nSPS) is 12.8. The summed E-state index contributed by atoms with van der Waals surface area (Å²) in [5, 5.41) is 3.67. The van der Waals surface area contributed by atoms with E-state index in [1.165, 1.54) is 16.4 Å². The number of benzene rings is 3. The molecule has 0 spiro atoms. The molecule has 1 heterocycles. The Morgan fingerprint density at radius 2 is 1.69 bits per heavy atom. The molecule has 1 amide bonds. The second kappa shape index (κ2) is 9.25. The molecule has 4 aromatic rings. The summed E-state index contributed by atoms with van der Waals surface area (Å²) in [4.78, 5) is 17.5. The molecule has 2 N–H and O–H groups in total. The van der Waals surface area contributed by atoms with Gasteiger partial charge in [0.25, 0.3) is 17.2 Å². The topological polar surface area (TPSA) is 82.5 Å². The molecule has 6 nitrogen and oxygen atoms in total. The van der Waals surface area contributed by atoms with E-state index in [9.17, 15) is 17.9 Å². The number of hydrogen-bond acceptors (Lipinski definition) is 3. The summed E-state index contributed by atoms with van der Waals surface area (Å²) in [5.74, 6) is -0.788. The Morgan fingerprint density at radius 3 is 2.44 bits per heavy atom. The predicted octanol–water partition coefficient (Wildman–Crippen LogP) is 5.14. The van der Waals surface area contributed by atoms with Crippen LogP contribution in [-0.4, -0.2) is 19.7 Å². The van der Waals surface area contributed by atoms with Gasteiger partial charge in [0.2, 0.25) is 0 Å². The first-order valence-electron chi connectivity index (χ1n) is 9.86. The van der Waals surface area contributed by atoms with Crippen LogP contribution in [0.25, 0.3) is 10.9 Å². The molecule has 32 heavy (non-hydrogen) atoms. The van der Waals surface area contributed by atoms with E-state index in [0.717, 1.165) is 10.9 Å². The number of carbonyl (C=O) groups is 1. The van der Waals surface area contributed by atoms with Crippen molar-refractivity contribution in [3.63, 3.8) is 0 Å². The summed E-state index contributed by atoms with van der Waals surface area (Å²) in [7, 11) is 0. The van der Waals surface area contributed by atoms with Gasteiger partial charge >= 0.3 is 0 Å². The molecule has 0 aliphatic carbocycles. The molecule has 162 valence electrons. The van der Waals surface area contributed by atoms with Crippen LogP contribution in [0.2, 0.25) is 0 Å². The fourth-order valence-electron chi connectivity index (χ4n) is 3.50. The monoisotopic (exact) mass is 449 g/mol. The summed E-state index contributed by atoms with van der Waals surface area (Å²) in [6.07, 6.45) is 1.60. The summed E-state index contributed by atoms with van der Waals surface area (Å²) in [5.41, 5.74) is 2.15. The van der Waals surface area contributed by atoms with E-state index >= 15 is 0 Å². The lowest BCUT2D eigenvalue weighted by Gasteiger charge is -2.24. The predicted molar refractivity (Wildman–Crippen MR) is 123 cm³/mol. The molecule has 0 saturated carbocycles. The Morgan fingerprint density at radius 1 is 1.00 bits per heavy atom. The number of aromatic nitrogens is 1. The van der Waals surface area contributed by atoms with Crippen molar-refractivity contribution >= 4 is 39.5 Å². The Hall–Kier alpha value is -3.62. The van der Waals surface area contributed by atoms with Crippen molar-refractivity contribution in [2.45, 2.75) is 13.0 Å². The zero-order chi connectivity index (χ0) is 22.7. The lowest BCUT2D eigenvalue weighted by molar-refractivity contribution is 0.0940. The van der Waals surface area contributed by atoms with Crippen molar-refractivity contribution in [3.05, 3.63) is 102 Å². The van der Waals surface area contributed by atoms with Crippen molar-refractivity contribution in [2.24, 2.45) is 0 Å². The molecule has 0 aliphatic rings. The highest BCUT2D eigenvalue weighted by Gasteiger charge is 2.24. The number of fused-ring (bicyclic) bond motifs is 1. The van der Waals surface area contributed by atoms with Gasteiger partial charge in [0.15, 0.2) is 0 Å². The van der Waals surface area contributed by atoms with Gasteiger partial charge in [-0.3, -0.25) is 14.3 Å². The molecular formula is C24H20FN3O3S. The molecule has 8 heteroatoms. The first kappa shape index (κ1) is 21.6. The van der Waals surface area contributed by atoms with Gasteiger partial charge in [0.1, 0.15) is 5.82 Å². The first-order valence-corrected chi connectivity index (χ1v) is 10.9. The Balaban J connectivity index is 1.73. The van der Waals surface area contributed by atoms with Crippen LogP contribution in [0.1, 0.15) is 28.9 Å². The van der Waals surface area contributed by atoms with Crippen molar-refractivity contribution in [3.8, 4) is 0 Å². The number of carbonyl (C=O) groups excluding carboxylic acids is 1. The van der Waals surface area contributed by atoms with Gasteiger partial charge in [-0.1, -0.05) is 42.5 Å². The lowest BCUT2D eigenvalue weighted by atomic mass is 10.1. The van der Waals surface area contributed by atoms with Crippen molar-refractivity contribution in [2.75, 3.05) is 4.31 Å². The maximum Gasteiger partial charge on any atom is 0.266 e. The largest absolute Gasteiger partial charge is 0.345 e. The van der Waals surface area contributed by atoms with Crippen LogP contribution in [0.4, 0.5) is 15.8 Å². The van der Waals surface area contributed by atoms with Gasteiger partial charge < -0.3 is 5.32 Å². The van der Waals surface area contributed by atoms with Crippen LogP contribution in [-0.2, 0) is 11.3 Å². The standard InChI is InChI=1S/C24H20FN3O3S/c1-16(17-11-13-19(25)14-12-17)27-24(29)20-8-2-3-9-21(20)28(32(30)31)22-10-4-6-18-7-5-15-26-23(18)22/h2-16H,1H3,(H,27,29)(H,30,31). The van der Waals surface area contributed by atoms with Gasteiger partial charge in [0, 0.05) is 11.6 Å². The third-order valence-corrected chi connectivity index (χ3v) is 5.78. The van der Waals surface area contributed by atoms with Gasteiger partial charge in [-0.05, 0) is 48.9 Å². The molecule has 0 radical (unpaired) electrons. The lowest BCUT2D eigenvalue weighted by Crippen LogP contribution is -2.29. The first-order chi connectivity index (χ1) is 15.5. The molecule has 0 bridgehead atoms. The van der Waals surface area contributed by atoms with Gasteiger partial charge in [-0.15, -0.1) is 0 Å². The molecule has 0 aliphatic heterocycles. The van der Waals surface area contributed by atoms with E-state index < -0.39 is 23.2 Å². The van der Waals surface area contributed by atoms with Crippen LogP contribution in [0.3, 0.4) is 0 Å². The third-order valence-electron chi connectivity index (χ3n) is 5.07. The minimum Gasteiger partial charge on any atom is -0.345 e. The van der Waals surface area contributed by atoms with Crippen LogP contribution >= 0.6 is 0 Å². The zero-order valence-electron chi connectivity index (χ0n) is 17.1. The fraction of sp³-hybridized carbons (Fsp3) is 0.0833. The van der Waals surface area contributed by atoms with Crippen molar-refractivity contribution < 1.29 is 17.9 Å². The van der Waals surface area contributed by atoms with E-state index in [1.54, 1.807) is 67.7 Å². The summed E-state index contributed by atoms with van der Waals surface area (Å²) < 4.78 is 37.0. The number of amides is 1. The quantitative estimate of drug-likeness (QED) is 0.399. The van der Waals surface area contributed by atoms with Crippen molar-refractivity contribution in [1.29, 1.82) is 0 Å². The van der Waals surface area contributed by atoms with E-state index in [2.05, 4.69) is 10.3 Å². The van der Waals surface area contributed by atoms with E-state index in [1.807, 2.05) is 12.1 Å². The number of para-hydroxylation sites is 2. The second-order valence-electron chi connectivity index (χ2n) is 7.14. The number of rotatable bonds is 6. The van der Waals surface area contributed by atoms with E-state index in [-0.39, 0.29) is 17.1 Å². The zero-order valence-corrected chi connectivity index (χ0v) is 17.9. The fourth-order valence-corrected chi connectivity index (χ4v) is 4.15. The van der Waals surface area contributed by atoms with Crippen LogP contribution in [0.5, 0.6) is 0 Å². The number of halogens is 1. The highest BCUT2D eigenvalue weighted by molar-refractivity contribution is 7.81. The maximum atomic E-state index is 13.2. The molecule has 2 atom stereocenters. The number of anilines is 2. The van der Waals surface area contributed by atoms with Crippen LogP contribution in [0, 0.1) is 5.82 Å². The highest BCUT2D eigenvalue weighted by atomic mass is 32.2. The maximum absolute atomic E-state index is 13.2. The van der Waals surface area contributed by atoms with Crippen molar-refractivity contribution in [1.82, 2.24) is 10.3 Å². The van der Waals surface area contributed by atoms with Gasteiger partial charge in [-0.2, -0.15) is 0 Å². The van der Waals surface area contributed by atoms with E-state index in [4.69, 9.17) is 0 Å². The molecule has 1 aromatic heterocycles. The molecule has 3 aromatic carbocycles. The number of nitrogens with one attached hydrogen (secondary N) is 1. The minimum absolute atomic E-state index is 0.219. The summed E-state index contributed by atoms with van der Waals surface area (Å²) in [6, 6.07) is 21.0. The molecular weight excluding hydrogens is 429 g/mol. The number of hydrogen-bond donors (Lipinski definition) is 2. The van der Waals surface area contributed by atoms with E-state index in [0.29, 0.717) is 11.2 Å². The second-order valence-corrected chi connectivity index (χ2v) is 7.97. The molecule has 4 rings (SSSR count). The number of pyridine rings is 1. The Bertz CT molecular complexity index is 1290. The summed E-state index contributed by atoms with van der Waals surface area (Å²) in [6.45, 7) is 1.78. The average molecular weight is 450 g/mol. The highest BCUT2D eigenvalue weighted by Crippen LogP contribution is 2.34. The molecule has 0 saturated heterocycles. The average Bonchev–Trinajstić information content (AvgIpc) is 2.80. The van der Waals surface area contributed by atoms with Crippen LogP contribution in [0.15, 0.2) is 85.1 Å². The van der Waals surface area contributed by atoms with Gasteiger partial charge in [-0.25, -0.2) is 12.9 Å². The number of nitrogens with zero attached hydrogens (tertiary/aromatic N) is 2. The summed E-state index contributed by atoms with van der Waals surface area (Å²) >= 11 is -2.47. The molecule has 2 unspecified atom stereocenters. The smallest absolute Gasteiger partial charge is 0.266 e. The molecule has 0 fully saturated rings. The van der Waals surface area contributed by atoms with Gasteiger partial charge in [0.05, 0.1) is 28.5 Å². The Labute approximate surface area is 187 Å².